The number of nitrogen functional groups attached to an aromatic ring is 1. The molecule has 0 fully saturated rings. The van der Waals surface area contributed by atoms with Crippen molar-refractivity contribution in [2.75, 3.05) is 25.2 Å². The molecule has 0 saturated carbocycles. The number of rotatable bonds is 8. The molecule has 0 aliphatic heterocycles. The van der Waals surface area contributed by atoms with Gasteiger partial charge in [-0.1, -0.05) is 30.0 Å². The zero-order valence-electron chi connectivity index (χ0n) is 16.0. The lowest BCUT2D eigenvalue weighted by atomic mass is 10.2. The SMILES string of the molecule is COCCn1c(N)c(C(=O)CSc2nccn2-c2ccccc2C)c(=O)[nH]c1=O. The maximum atomic E-state index is 12.7. The number of hydrogen-bond acceptors (Lipinski definition) is 7. The van der Waals surface area contributed by atoms with Gasteiger partial charge >= 0.3 is 5.69 Å². The van der Waals surface area contributed by atoms with Crippen LogP contribution in [0.5, 0.6) is 0 Å². The number of nitrogens with two attached hydrogens (primary N) is 1. The van der Waals surface area contributed by atoms with Gasteiger partial charge in [-0.3, -0.25) is 23.7 Å². The van der Waals surface area contributed by atoms with E-state index < -0.39 is 17.0 Å². The first-order valence-electron chi connectivity index (χ1n) is 8.81. The zero-order chi connectivity index (χ0) is 21.0. The lowest BCUT2D eigenvalue weighted by molar-refractivity contribution is 0.102. The molecular formula is C19H21N5O4S. The van der Waals surface area contributed by atoms with E-state index in [1.54, 1.807) is 12.4 Å². The number of aromatic amines is 1. The molecule has 3 rings (SSSR count). The molecule has 152 valence electrons. The van der Waals surface area contributed by atoms with Gasteiger partial charge in [0.15, 0.2) is 10.9 Å². The van der Waals surface area contributed by atoms with Gasteiger partial charge in [0.05, 0.1) is 24.6 Å². The number of carbonyl (C=O) groups excluding carboxylic acids is 1. The van der Waals surface area contributed by atoms with Crippen LogP contribution >= 0.6 is 11.8 Å². The third kappa shape index (κ3) is 4.33. The summed E-state index contributed by atoms with van der Waals surface area (Å²) in [6, 6.07) is 7.81. The first-order chi connectivity index (χ1) is 13.9. The summed E-state index contributed by atoms with van der Waals surface area (Å²) in [5.41, 5.74) is 6.25. The quantitative estimate of drug-likeness (QED) is 0.419. The molecule has 0 aliphatic rings. The summed E-state index contributed by atoms with van der Waals surface area (Å²) in [5, 5.41) is 0.607. The number of aryl methyl sites for hydroxylation is 1. The van der Waals surface area contributed by atoms with Crippen molar-refractivity contribution in [3.8, 4) is 5.69 Å². The molecule has 2 aromatic heterocycles. The summed E-state index contributed by atoms with van der Waals surface area (Å²) < 4.78 is 7.94. The topological polar surface area (TPSA) is 125 Å². The Bertz CT molecular complexity index is 1150. The van der Waals surface area contributed by atoms with E-state index in [0.29, 0.717) is 5.16 Å². The summed E-state index contributed by atoms with van der Waals surface area (Å²) in [6.07, 6.45) is 3.45. The van der Waals surface area contributed by atoms with E-state index in [1.165, 1.54) is 18.9 Å². The van der Waals surface area contributed by atoms with Gasteiger partial charge in [0.2, 0.25) is 0 Å². The molecule has 0 unspecified atom stereocenters. The number of hydrogen-bond donors (Lipinski definition) is 2. The predicted octanol–water partition coefficient (Wildman–Crippen LogP) is 1.23. The van der Waals surface area contributed by atoms with Crippen LogP contribution in [0.3, 0.4) is 0 Å². The van der Waals surface area contributed by atoms with Gasteiger partial charge in [0.25, 0.3) is 5.56 Å². The molecular weight excluding hydrogens is 394 g/mol. The van der Waals surface area contributed by atoms with Crippen molar-refractivity contribution in [3.63, 3.8) is 0 Å². The number of nitrogens with zero attached hydrogens (tertiary/aromatic N) is 3. The maximum Gasteiger partial charge on any atom is 0.330 e. The normalized spacial score (nSPS) is 11.0. The number of Topliss-reactive ketones (excluding diaryl/α,β-unsaturated/α-hetero) is 1. The molecule has 0 saturated heterocycles. The lowest BCUT2D eigenvalue weighted by Crippen LogP contribution is -2.37. The highest BCUT2D eigenvalue weighted by molar-refractivity contribution is 7.99. The molecule has 10 heteroatoms. The zero-order valence-corrected chi connectivity index (χ0v) is 16.9. The fraction of sp³-hybridized carbons (Fsp3) is 0.263. The molecule has 0 atom stereocenters. The summed E-state index contributed by atoms with van der Waals surface area (Å²) >= 11 is 1.19. The van der Waals surface area contributed by atoms with E-state index in [2.05, 4.69) is 9.97 Å². The molecule has 0 bridgehead atoms. The van der Waals surface area contributed by atoms with Crippen molar-refractivity contribution in [3.05, 3.63) is 68.6 Å². The fourth-order valence-corrected chi connectivity index (χ4v) is 3.72. The van der Waals surface area contributed by atoms with Crippen molar-refractivity contribution in [1.82, 2.24) is 19.1 Å². The first-order valence-corrected chi connectivity index (χ1v) is 9.79. The third-order valence-electron chi connectivity index (χ3n) is 4.35. The van der Waals surface area contributed by atoms with E-state index in [4.69, 9.17) is 10.5 Å². The molecule has 0 amide bonds. The number of aromatic nitrogens is 4. The van der Waals surface area contributed by atoms with E-state index in [-0.39, 0.29) is 30.3 Å². The minimum atomic E-state index is -0.797. The Hall–Kier alpha value is -3.11. The van der Waals surface area contributed by atoms with Crippen LogP contribution in [0.25, 0.3) is 5.69 Å². The monoisotopic (exact) mass is 415 g/mol. The minimum Gasteiger partial charge on any atom is -0.384 e. The van der Waals surface area contributed by atoms with Crippen LogP contribution in [0, 0.1) is 6.92 Å². The second kappa shape index (κ2) is 8.93. The summed E-state index contributed by atoms with van der Waals surface area (Å²) in [4.78, 5) is 43.3. The number of H-pyrrole nitrogens is 1. The first kappa shape index (κ1) is 20.6. The number of benzene rings is 1. The van der Waals surface area contributed by atoms with Crippen LogP contribution in [-0.4, -0.2) is 44.4 Å². The standard InChI is InChI=1S/C19H21N5O4S/c1-12-5-3-4-6-13(12)23-8-7-21-19(23)29-11-14(25)15-16(20)24(9-10-28-2)18(27)22-17(15)26/h3-8H,9-11,20H2,1-2H3,(H,22,26,27). The van der Waals surface area contributed by atoms with E-state index >= 15 is 0 Å². The van der Waals surface area contributed by atoms with Crippen molar-refractivity contribution in [2.24, 2.45) is 0 Å². The number of nitrogens with one attached hydrogen (secondary N) is 1. The number of thioether (sulfide) groups is 1. The van der Waals surface area contributed by atoms with Gasteiger partial charge in [0, 0.05) is 19.5 Å². The lowest BCUT2D eigenvalue weighted by Gasteiger charge is -2.12. The second-order valence-electron chi connectivity index (χ2n) is 6.24. The highest BCUT2D eigenvalue weighted by Crippen LogP contribution is 2.23. The smallest absolute Gasteiger partial charge is 0.330 e. The highest BCUT2D eigenvalue weighted by atomic mass is 32.2. The van der Waals surface area contributed by atoms with Gasteiger partial charge in [0.1, 0.15) is 11.4 Å². The van der Waals surface area contributed by atoms with Gasteiger partial charge < -0.3 is 10.5 Å². The Morgan fingerprint density at radius 1 is 1.31 bits per heavy atom. The molecule has 2 heterocycles. The van der Waals surface area contributed by atoms with Gasteiger partial charge in [-0.15, -0.1) is 0 Å². The van der Waals surface area contributed by atoms with Crippen LogP contribution < -0.4 is 17.0 Å². The second-order valence-corrected chi connectivity index (χ2v) is 7.18. The minimum absolute atomic E-state index is 0.0569. The average Bonchev–Trinajstić information content (AvgIpc) is 3.14. The van der Waals surface area contributed by atoms with Crippen molar-refractivity contribution >= 4 is 23.4 Å². The van der Waals surface area contributed by atoms with E-state index in [1.807, 2.05) is 35.8 Å². The Morgan fingerprint density at radius 2 is 2.07 bits per heavy atom. The van der Waals surface area contributed by atoms with Crippen molar-refractivity contribution in [2.45, 2.75) is 18.6 Å². The van der Waals surface area contributed by atoms with Crippen molar-refractivity contribution < 1.29 is 9.53 Å². The van der Waals surface area contributed by atoms with Gasteiger partial charge in [-0.25, -0.2) is 9.78 Å². The fourth-order valence-electron chi connectivity index (χ4n) is 2.88. The summed E-state index contributed by atoms with van der Waals surface area (Å²) in [6.45, 7) is 2.33. The summed E-state index contributed by atoms with van der Waals surface area (Å²) in [7, 11) is 1.48. The molecule has 29 heavy (non-hydrogen) atoms. The third-order valence-corrected chi connectivity index (χ3v) is 5.32. The Morgan fingerprint density at radius 3 is 2.79 bits per heavy atom. The van der Waals surface area contributed by atoms with E-state index in [0.717, 1.165) is 15.8 Å². The van der Waals surface area contributed by atoms with Crippen LogP contribution in [0.2, 0.25) is 0 Å². The molecule has 3 N–H and O–H groups in total. The van der Waals surface area contributed by atoms with E-state index in [9.17, 15) is 14.4 Å². The van der Waals surface area contributed by atoms with Crippen LogP contribution in [0.15, 0.2) is 51.4 Å². The van der Waals surface area contributed by atoms with Gasteiger partial charge in [-0.05, 0) is 18.6 Å². The molecule has 1 aromatic carbocycles. The molecule has 3 aromatic rings. The summed E-state index contributed by atoms with van der Waals surface area (Å²) in [5.74, 6) is -0.707. The maximum absolute atomic E-state index is 12.7. The number of para-hydroxylation sites is 1. The molecule has 0 radical (unpaired) electrons. The van der Waals surface area contributed by atoms with Crippen molar-refractivity contribution in [1.29, 1.82) is 0 Å². The average molecular weight is 415 g/mol. The van der Waals surface area contributed by atoms with Crippen LogP contribution in [-0.2, 0) is 11.3 Å². The molecule has 9 nitrogen and oxygen atoms in total. The number of ketones is 1. The molecule has 0 aliphatic carbocycles. The number of methoxy groups -OCH3 is 1. The Balaban J connectivity index is 1.85. The van der Waals surface area contributed by atoms with Gasteiger partial charge in [-0.2, -0.15) is 0 Å². The highest BCUT2D eigenvalue weighted by Gasteiger charge is 2.20. The van der Waals surface area contributed by atoms with Crippen LogP contribution in [0.1, 0.15) is 15.9 Å². The Kier molecular flexibility index (Phi) is 6.35. The molecule has 0 spiro atoms. The Labute approximate surface area is 170 Å². The number of imidazole rings is 1. The largest absolute Gasteiger partial charge is 0.384 e. The van der Waals surface area contributed by atoms with Crippen LogP contribution in [0.4, 0.5) is 5.82 Å². The predicted molar refractivity (Wildman–Crippen MR) is 111 cm³/mol. The number of carbonyl (C=O) groups is 1. The number of ether oxygens (including phenoxy) is 1. The number of anilines is 1.